The molecule has 1 fully saturated rings. The molecule has 1 aliphatic heterocycles. The van der Waals surface area contributed by atoms with Crippen LogP contribution in [-0.2, 0) is 20.1 Å². The number of hydrogen-bond acceptors (Lipinski definition) is 5. The molecule has 3 heterocycles. The van der Waals surface area contributed by atoms with Crippen molar-refractivity contribution in [2.75, 3.05) is 31.1 Å². The highest BCUT2D eigenvalue weighted by Crippen LogP contribution is 2.22. The zero-order valence-electron chi connectivity index (χ0n) is 18.7. The maximum absolute atomic E-state index is 12.8. The number of aromatic nitrogens is 4. The molecule has 2 aromatic carbocycles. The third-order valence-electron chi connectivity index (χ3n) is 6.23. The van der Waals surface area contributed by atoms with Crippen molar-refractivity contribution in [2.45, 2.75) is 13.1 Å². The Morgan fingerprint density at radius 3 is 2.35 bits per heavy atom. The predicted octanol–water partition coefficient (Wildman–Crippen LogP) is 3.10. The summed E-state index contributed by atoms with van der Waals surface area (Å²) in [5.41, 5.74) is 1.91. The number of hydrogen-bond donors (Lipinski definition) is 1. The molecule has 34 heavy (non-hydrogen) atoms. The Bertz CT molecular complexity index is 1470. The zero-order valence-corrected chi connectivity index (χ0v) is 20.2. The second-order valence-electron chi connectivity index (χ2n) is 8.48. The van der Waals surface area contributed by atoms with E-state index < -0.39 is 11.2 Å². The summed E-state index contributed by atoms with van der Waals surface area (Å²) in [5, 5.41) is 1.35. The summed E-state index contributed by atoms with van der Waals surface area (Å²) in [5.74, 6) is 0.734. The molecule has 0 spiro atoms. The van der Waals surface area contributed by atoms with Gasteiger partial charge in [0.25, 0.3) is 5.56 Å². The number of fused-ring (bicyclic) bond motifs is 1. The Labute approximate surface area is 206 Å². The SMILES string of the molecule is Cn1c(=O)[nH]c(=O)c2c1nc(CN1CCN(c3cccc(Cl)c3)CC1)n2Cc1cccc(Cl)c1. The molecule has 176 valence electrons. The van der Waals surface area contributed by atoms with Gasteiger partial charge in [0.05, 0.1) is 6.54 Å². The topological polar surface area (TPSA) is 79.2 Å². The molecular formula is C24H24Cl2N6O2. The van der Waals surface area contributed by atoms with E-state index in [1.165, 1.54) is 4.57 Å². The lowest BCUT2D eigenvalue weighted by molar-refractivity contribution is 0.241. The van der Waals surface area contributed by atoms with Gasteiger partial charge in [-0.05, 0) is 35.9 Å². The van der Waals surface area contributed by atoms with Gasteiger partial charge >= 0.3 is 5.69 Å². The number of piperazine rings is 1. The average molecular weight is 499 g/mol. The van der Waals surface area contributed by atoms with Crippen LogP contribution in [0.3, 0.4) is 0 Å². The van der Waals surface area contributed by atoms with E-state index in [1.807, 2.05) is 47.0 Å². The number of H-pyrrole nitrogens is 1. The largest absolute Gasteiger partial charge is 0.369 e. The number of anilines is 1. The molecule has 8 nitrogen and oxygen atoms in total. The lowest BCUT2D eigenvalue weighted by Gasteiger charge is -2.36. The van der Waals surface area contributed by atoms with Gasteiger partial charge in [-0.1, -0.05) is 41.4 Å². The molecule has 4 aromatic rings. The molecule has 0 atom stereocenters. The number of rotatable bonds is 5. The van der Waals surface area contributed by atoms with Crippen LogP contribution in [0.25, 0.3) is 11.2 Å². The molecule has 1 N–H and O–H groups in total. The summed E-state index contributed by atoms with van der Waals surface area (Å²) >= 11 is 12.4. The Morgan fingerprint density at radius 2 is 1.65 bits per heavy atom. The standard InChI is InChI=1S/C24H24Cl2N6O2/c1-29-22-21(23(33)28-24(29)34)32(14-16-4-2-5-17(25)12-16)20(27-22)15-30-8-10-31(11-9-30)19-7-3-6-18(26)13-19/h2-7,12-13H,8-11,14-15H2,1H3,(H,28,33,34). The van der Waals surface area contributed by atoms with E-state index in [0.29, 0.717) is 29.3 Å². The van der Waals surface area contributed by atoms with Crippen LogP contribution in [0.4, 0.5) is 5.69 Å². The molecule has 0 bridgehead atoms. The quantitative estimate of drug-likeness (QED) is 0.457. The molecule has 0 amide bonds. The Kier molecular flexibility index (Phi) is 6.20. The van der Waals surface area contributed by atoms with E-state index in [0.717, 1.165) is 48.3 Å². The van der Waals surface area contributed by atoms with Crippen LogP contribution < -0.4 is 16.1 Å². The van der Waals surface area contributed by atoms with Crippen molar-refractivity contribution >= 4 is 40.1 Å². The first-order valence-electron chi connectivity index (χ1n) is 11.0. The molecule has 10 heteroatoms. The van der Waals surface area contributed by atoms with Crippen LogP contribution in [0.2, 0.25) is 10.0 Å². The van der Waals surface area contributed by atoms with E-state index >= 15 is 0 Å². The molecule has 0 radical (unpaired) electrons. The van der Waals surface area contributed by atoms with Gasteiger partial charge in [0, 0.05) is 55.5 Å². The Morgan fingerprint density at radius 1 is 0.941 bits per heavy atom. The van der Waals surface area contributed by atoms with Crippen LogP contribution in [0, 0.1) is 0 Å². The molecule has 5 rings (SSSR count). The summed E-state index contributed by atoms with van der Waals surface area (Å²) in [6.45, 7) is 4.37. The minimum absolute atomic E-state index is 0.378. The number of aryl methyl sites for hydroxylation is 1. The predicted molar refractivity (Wildman–Crippen MR) is 135 cm³/mol. The molecular weight excluding hydrogens is 475 g/mol. The smallest absolute Gasteiger partial charge is 0.329 e. The molecule has 1 aliphatic rings. The summed E-state index contributed by atoms with van der Waals surface area (Å²) in [7, 11) is 1.62. The van der Waals surface area contributed by atoms with Crippen LogP contribution >= 0.6 is 23.2 Å². The number of nitrogens with zero attached hydrogens (tertiary/aromatic N) is 5. The third-order valence-corrected chi connectivity index (χ3v) is 6.70. The van der Waals surface area contributed by atoms with Gasteiger partial charge in [-0.2, -0.15) is 0 Å². The molecule has 0 saturated carbocycles. The molecule has 1 saturated heterocycles. The van der Waals surface area contributed by atoms with Gasteiger partial charge in [0.1, 0.15) is 5.82 Å². The minimum Gasteiger partial charge on any atom is -0.369 e. The van der Waals surface area contributed by atoms with Gasteiger partial charge < -0.3 is 9.47 Å². The minimum atomic E-state index is -0.480. The number of imidazole rings is 1. The maximum Gasteiger partial charge on any atom is 0.329 e. The van der Waals surface area contributed by atoms with Crippen molar-refractivity contribution < 1.29 is 0 Å². The lowest BCUT2D eigenvalue weighted by atomic mass is 10.2. The third kappa shape index (κ3) is 4.49. The first kappa shape index (κ1) is 22.7. The van der Waals surface area contributed by atoms with Gasteiger partial charge in [-0.3, -0.25) is 19.2 Å². The summed E-state index contributed by atoms with van der Waals surface area (Å²) in [4.78, 5) is 36.7. The first-order valence-corrected chi connectivity index (χ1v) is 11.8. The van der Waals surface area contributed by atoms with Gasteiger partial charge in [-0.25, -0.2) is 9.78 Å². The van der Waals surface area contributed by atoms with Crippen LogP contribution in [0.15, 0.2) is 58.1 Å². The Balaban J connectivity index is 1.45. The second kappa shape index (κ2) is 9.29. The normalized spacial score (nSPS) is 14.7. The van der Waals surface area contributed by atoms with Crippen LogP contribution in [-0.4, -0.2) is 50.2 Å². The summed E-state index contributed by atoms with van der Waals surface area (Å²) in [6, 6.07) is 15.4. The monoisotopic (exact) mass is 498 g/mol. The number of halogens is 2. The fourth-order valence-corrected chi connectivity index (χ4v) is 4.82. The van der Waals surface area contributed by atoms with Crippen molar-refractivity contribution in [1.82, 2.24) is 24.0 Å². The molecule has 2 aromatic heterocycles. The van der Waals surface area contributed by atoms with Crippen molar-refractivity contribution in [1.29, 1.82) is 0 Å². The number of aromatic amines is 1. The van der Waals surface area contributed by atoms with Crippen LogP contribution in [0.1, 0.15) is 11.4 Å². The van der Waals surface area contributed by atoms with E-state index in [4.69, 9.17) is 28.2 Å². The highest BCUT2D eigenvalue weighted by atomic mass is 35.5. The van der Waals surface area contributed by atoms with E-state index in [-0.39, 0.29) is 0 Å². The fraction of sp³-hybridized carbons (Fsp3) is 0.292. The van der Waals surface area contributed by atoms with Gasteiger partial charge in [0.15, 0.2) is 11.2 Å². The highest BCUT2D eigenvalue weighted by molar-refractivity contribution is 6.31. The summed E-state index contributed by atoms with van der Waals surface area (Å²) < 4.78 is 3.27. The van der Waals surface area contributed by atoms with Gasteiger partial charge in [-0.15, -0.1) is 0 Å². The van der Waals surface area contributed by atoms with Crippen molar-refractivity contribution in [3.63, 3.8) is 0 Å². The van der Waals surface area contributed by atoms with Crippen molar-refractivity contribution in [2.24, 2.45) is 7.05 Å². The van der Waals surface area contributed by atoms with E-state index in [2.05, 4.69) is 20.9 Å². The average Bonchev–Trinajstić information content (AvgIpc) is 3.16. The summed E-state index contributed by atoms with van der Waals surface area (Å²) in [6.07, 6.45) is 0. The van der Waals surface area contributed by atoms with E-state index in [1.54, 1.807) is 7.05 Å². The second-order valence-corrected chi connectivity index (χ2v) is 9.35. The van der Waals surface area contributed by atoms with Crippen LogP contribution in [0.5, 0.6) is 0 Å². The molecule has 0 aliphatic carbocycles. The fourth-order valence-electron chi connectivity index (χ4n) is 4.43. The molecule has 0 unspecified atom stereocenters. The van der Waals surface area contributed by atoms with Crippen molar-refractivity contribution in [3.05, 3.63) is 90.8 Å². The number of benzene rings is 2. The van der Waals surface area contributed by atoms with Gasteiger partial charge in [0.2, 0.25) is 0 Å². The van der Waals surface area contributed by atoms with E-state index in [9.17, 15) is 9.59 Å². The van der Waals surface area contributed by atoms with Crippen molar-refractivity contribution in [3.8, 4) is 0 Å². The Hall–Kier alpha value is -3.07. The number of nitrogens with one attached hydrogen (secondary N) is 1. The highest BCUT2D eigenvalue weighted by Gasteiger charge is 2.22. The lowest BCUT2D eigenvalue weighted by Crippen LogP contribution is -2.46. The zero-order chi connectivity index (χ0) is 23.8. The maximum atomic E-state index is 12.8. The first-order chi connectivity index (χ1) is 16.4.